The van der Waals surface area contributed by atoms with Gasteiger partial charge in [-0.2, -0.15) is 15.0 Å². The zero-order valence-electron chi connectivity index (χ0n) is 21.7. The van der Waals surface area contributed by atoms with Crippen molar-refractivity contribution in [2.75, 3.05) is 41.3 Å². The lowest BCUT2D eigenvalue weighted by Gasteiger charge is -2.34. The summed E-state index contributed by atoms with van der Waals surface area (Å²) < 4.78 is 0. The molecule has 1 saturated heterocycles. The maximum absolute atomic E-state index is 12.9. The molecule has 10 heteroatoms. The van der Waals surface area contributed by atoms with E-state index in [9.17, 15) is 4.79 Å². The van der Waals surface area contributed by atoms with E-state index in [1.165, 1.54) is 0 Å². The summed E-state index contributed by atoms with van der Waals surface area (Å²) in [5, 5.41) is 6.03. The number of carbonyl (C=O) groups excluding carboxylic acids is 1. The smallest absolute Gasteiger partial charge is 0.255 e. The second-order valence-electron chi connectivity index (χ2n) is 9.39. The highest BCUT2D eigenvalue weighted by molar-refractivity contribution is 7.13. The molecule has 2 aliphatic rings. The Morgan fingerprint density at radius 1 is 1.08 bits per heavy atom. The lowest BCUT2D eigenvalue weighted by atomic mass is 9.96. The molecule has 1 aliphatic heterocycles. The SMILES string of the molecule is CCc1nc(N=C2C=CC(C(=O)Nc3ccccc3)=CC(C)CC2)nc(N2CCN(c3nccs3)CC2)n1. The fraction of sp³-hybridized carbons (Fsp3) is 0.357. The molecule has 3 aromatic rings. The van der Waals surface area contributed by atoms with Gasteiger partial charge in [0, 0.05) is 61.1 Å². The van der Waals surface area contributed by atoms with Crippen LogP contribution in [0.5, 0.6) is 0 Å². The quantitative estimate of drug-likeness (QED) is 0.489. The van der Waals surface area contributed by atoms with Crippen LogP contribution in [0.4, 0.5) is 22.7 Å². The number of benzene rings is 1. The number of piperazine rings is 1. The third-order valence-corrected chi connectivity index (χ3v) is 7.37. The van der Waals surface area contributed by atoms with Crippen LogP contribution in [0.3, 0.4) is 0 Å². The number of aliphatic imine (C=N–C) groups is 1. The van der Waals surface area contributed by atoms with Crippen LogP contribution in [-0.2, 0) is 11.2 Å². The van der Waals surface area contributed by atoms with E-state index in [2.05, 4.69) is 32.0 Å². The van der Waals surface area contributed by atoms with Gasteiger partial charge in [-0.05, 0) is 43.0 Å². The molecular formula is C28H32N8OS. The highest BCUT2D eigenvalue weighted by atomic mass is 32.1. The molecule has 3 heterocycles. The zero-order valence-corrected chi connectivity index (χ0v) is 22.6. The minimum Gasteiger partial charge on any atom is -0.345 e. The first-order valence-corrected chi connectivity index (χ1v) is 13.9. The summed E-state index contributed by atoms with van der Waals surface area (Å²) in [4.78, 5) is 40.7. The Labute approximate surface area is 227 Å². The number of nitrogens with zero attached hydrogens (tertiary/aromatic N) is 7. The molecular weight excluding hydrogens is 496 g/mol. The zero-order chi connectivity index (χ0) is 26.3. The Morgan fingerprint density at radius 2 is 1.87 bits per heavy atom. The third kappa shape index (κ3) is 6.49. The maximum atomic E-state index is 12.9. The molecule has 1 N–H and O–H groups in total. The van der Waals surface area contributed by atoms with Gasteiger partial charge in [0.1, 0.15) is 5.82 Å². The molecule has 1 aromatic carbocycles. The number of para-hydroxylation sites is 1. The van der Waals surface area contributed by atoms with Gasteiger partial charge >= 0.3 is 0 Å². The number of thiazole rings is 1. The Hall–Kier alpha value is -3.92. The number of allylic oxidation sites excluding steroid dienone is 2. The highest BCUT2D eigenvalue weighted by Gasteiger charge is 2.22. The van der Waals surface area contributed by atoms with Crippen molar-refractivity contribution in [3.05, 3.63) is 71.5 Å². The van der Waals surface area contributed by atoms with Crippen LogP contribution in [0.2, 0.25) is 0 Å². The number of carbonyl (C=O) groups is 1. The summed E-state index contributed by atoms with van der Waals surface area (Å²) >= 11 is 1.66. The lowest BCUT2D eigenvalue weighted by Crippen LogP contribution is -2.47. The van der Waals surface area contributed by atoms with Crippen molar-refractivity contribution in [2.45, 2.75) is 33.1 Å². The number of rotatable bonds is 6. The van der Waals surface area contributed by atoms with Crippen molar-refractivity contribution in [1.29, 1.82) is 0 Å². The van der Waals surface area contributed by atoms with E-state index in [1.807, 2.05) is 67.1 Å². The molecule has 0 spiro atoms. The van der Waals surface area contributed by atoms with E-state index in [-0.39, 0.29) is 11.8 Å². The van der Waals surface area contributed by atoms with Crippen molar-refractivity contribution in [3.8, 4) is 0 Å². The van der Waals surface area contributed by atoms with Crippen molar-refractivity contribution >= 4 is 45.7 Å². The van der Waals surface area contributed by atoms with Crippen LogP contribution < -0.4 is 15.1 Å². The van der Waals surface area contributed by atoms with Crippen LogP contribution in [0.1, 0.15) is 32.5 Å². The Morgan fingerprint density at radius 3 is 2.61 bits per heavy atom. The molecule has 5 rings (SSSR count). The molecule has 1 amide bonds. The number of nitrogens with one attached hydrogen (secondary N) is 1. The second kappa shape index (κ2) is 12.1. The summed E-state index contributed by atoms with van der Waals surface area (Å²) in [7, 11) is 0. The van der Waals surface area contributed by atoms with Gasteiger partial charge in [0.15, 0.2) is 5.13 Å². The number of hydrogen-bond acceptors (Lipinski definition) is 9. The van der Waals surface area contributed by atoms with E-state index in [0.29, 0.717) is 23.9 Å². The summed E-state index contributed by atoms with van der Waals surface area (Å²) in [6.45, 7) is 7.51. The predicted octanol–water partition coefficient (Wildman–Crippen LogP) is 4.84. The normalized spacial score (nSPS) is 19.2. The molecule has 0 radical (unpaired) electrons. The van der Waals surface area contributed by atoms with E-state index in [4.69, 9.17) is 15.0 Å². The van der Waals surface area contributed by atoms with E-state index >= 15 is 0 Å². The van der Waals surface area contributed by atoms with Gasteiger partial charge in [0.05, 0.1) is 0 Å². The number of aryl methyl sites for hydroxylation is 1. The Kier molecular flexibility index (Phi) is 8.18. The van der Waals surface area contributed by atoms with Gasteiger partial charge in [-0.1, -0.05) is 38.1 Å². The summed E-state index contributed by atoms with van der Waals surface area (Å²) in [6, 6.07) is 9.49. The topological polar surface area (TPSA) is 99.5 Å². The first-order valence-electron chi connectivity index (χ1n) is 13.1. The highest BCUT2D eigenvalue weighted by Crippen LogP contribution is 2.23. The standard InChI is InChI=1S/C28H32N8OS/c1-3-24-32-26(34-27(33-24)35-14-16-36(17-15-35)28-29-13-18-38-28)31-23-11-9-20(2)19-21(10-12-23)25(37)30-22-7-5-4-6-8-22/h4-8,10,12-13,18-20H,3,9,11,14-17H2,1-2H3,(H,30,37). The number of aromatic nitrogens is 4. The molecule has 1 unspecified atom stereocenters. The fourth-order valence-corrected chi connectivity index (χ4v) is 5.10. The number of amides is 1. The first kappa shape index (κ1) is 25.7. The van der Waals surface area contributed by atoms with Gasteiger partial charge in [-0.3, -0.25) is 4.79 Å². The molecule has 0 bridgehead atoms. The summed E-state index contributed by atoms with van der Waals surface area (Å²) in [6.07, 6.45) is 9.96. The van der Waals surface area contributed by atoms with Crippen LogP contribution >= 0.6 is 11.3 Å². The van der Waals surface area contributed by atoms with Gasteiger partial charge in [-0.15, -0.1) is 11.3 Å². The van der Waals surface area contributed by atoms with Crippen molar-refractivity contribution < 1.29 is 4.79 Å². The first-order chi connectivity index (χ1) is 18.6. The molecule has 9 nitrogen and oxygen atoms in total. The molecule has 1 fully saturated rings. The van der Waals surface area contributed by atoms with Gasteiger partial charge in [-0.25, -0.2) is 9.98 Å². The fourth-order valence-electron chi connectivity index (χ4n) is 4.40. The Balaban J connectivity index is 1.33. The average Bonchev–Trinajstić information content (AvgIpc) is 3.48. The van der Waals surface area contributed by atoms with E-state index in [1.54, 1.807) is 11.3 Å². The van der Waals surface area contributed by atoms with Crippen molar-refractivity contribution in [1.82, 2.24) is 19.9 Å². The molecule has 2 aromatic heterocycles. The monoisotopic (exact) mass is 528 g/mol. The van der Waals surface area contributed by atoms with E-state index < -0.39 is 0 Å². The molecule has 38 heavy (non-hydrogen) atoms. The van der Waals surface area contributed by atoms with Crippen molar-refractivity contribution in [2.24, 2.45) is 10.9 Å². The largest absolute Gasteiger partial charge is 0.345 e. The predicted molar refractivity (Wildman–Crippen MR) is 154 cm³/mol. The van der Waals surface area contributed by atoms with Gasteiger partial charge < -0.3 is 15.1 Å². The second-order valence-corrected chi connectivity index (χ2v) is 10.3. The van der Waals surface area contributed by atoms with Crippen molar-refractivity contribution in [3.63, 3.8) is 0 Å². The number of hydrogen-bond donors (Lipinski definition) is 1. The number of anilines is 3. The van der Waals surface area contributed by atoms with E-state index in [0.717, 1.165) is 61.4 Å². The van der Waals surface area contributed by atoms with Crippen LogP contribution in [0.15, 0.2) is 70.7 Å². The van der Waals surface area contributed by atoms with Crippen LogP contribution in [-0.4, -0.2) is 57.7 Å². The molecule has 0 saturated carbocycles. The summed E-state index contributed by atoms with van der Waals surface area (Å²) in [5.74, 6) is 1.91. The minimum absolute atomic E-state index is 0.131. The molecule has 196 valence electrons. The maximum Gasteiger partial charge on any atom is 0.255 e. The average molecular weight is 529 g/mol. The summed E-state index contributed by atoms with van der Waals surface area (Å²) in [5.41, 5.74) is 2.24. The van der Waals surface area contributed by atoms with Crippen LogP contribution in [0, 0.1) is 5.92 Å². The van der Waals surface area contributed by atoms with Gasteiger partial charge in [0.25, 0.3) is 11.9 Å². The minimum atomic E-state index is -0.131. The van der Waals surface area contributed by atoms with Crippen LogP contribution in [0.25, 0.3) is 0 Å². The Bertz CT molecular complexity index is 1330. The molecule has 1 atom stereocenters. The lowest BCUT2D eigenvalue weighted by molar-refractivity contribution is -0.112. The molecule has 1 aliphatic carbocycles. The van der Waals surface area contributed by atoms with Gasteiger partial charge in [0.2, 0.25) is 5.95 Å². The third-order valence-electron chi connectivity index (χ3n) is 6.54.